The molecule has 20 rings (SSSR count). The first kappa shape index (κ1) is 98.9. The van der Waals surface area contributed by atoms with Gasteiger partial charge in [-0.1, -0.05) is 185 Å². The number of benzene rings is 8. The zero-order valence-corrected chi connectivity index (χ0v) is 77.2. The van der Waals surface area contributed by atoms with Crippen molar-refractivity contribution >= 4 is 94.8 Å². The number of rotatable bonds is 16. The minimum absolute atomic E-state index is 0.0551. The minimum atomic E-state index is -0.988. The number of amides is 12. The fourth-order valence-corrected chi connectivity index (χ4v) is 22.6. The molecule has 12 aliphatic rings. The van der Waals surface area contributed by atoms with Gasteiger partial charge in [0.2, 0.25) is 23.6 Å². The number of nitro groups is 1. The number of carboxylic acid groups (broad SMARTS) is 4. The quantitative estimate of drug-likeness (QED) is 0.0341. The lowest BCUT2D eigenvalue weighted by molar-refractivity contribution is -0.445. The molecule has 0 aromatic heterocycles. The van der Waals surface area contributed by atoms with Crippen LogP contribution in [0.25, 0.3) is 0 Å². The van der Waals surface area contributed by atoms with E-state index in [0.717, 1.165) is 96.7 Å². The van der Waals surface area contributed by atoms with Crippen LogP contribution in [0.3, 0.4) is 0 Å². The molecule has 12 amide bonds. The summed E-state index contributed by atoms with van der Waals surface area (Å²) >= 11 is 0. The number of imide groups is 4. The number of hydrogen-bond acceptors (Lipinski definition) is 19. The van der Waals surface area contributed by atoms with Gasteiger partial charge in [-0.2, -0.15) is 0 Å². The van der Waals surface area contributed by atoms with Crippen LogP contribution in [-0.2, 0) is 64.0 Å². The van der Waals surface area contributed by atoms with E-state index in [9.17, 15) is 102 Å². The molecule has 4 aliphatic carbocycles. The Bertz CT molecular complexity index is 5630. The molecule has 8 aliphatic heterocycles. The zero-order chi connectivity index (χ0) is 98.9. The minimum Gasteiger partial charge on any atom is -0.481 e. The van der Waals surface area contributed by atoms with Crippen molar-refractivity contribution in [3.05, 3.63) is 293 Å². The summed E-state index contributed by atoms with van der Waals surface area (Å²) in [6.07, 6.45) is 12.7. The first-order valence-electron chi connectivity index (χ1n) is 47.6. The number of aliphatic carboxylic acids is 4. The van der Waals surface area contributed by atoms with E-state index in [0.29, 0.717) is 146 Å². The highest BCUT2D eigenvalue weighted by atomic mass is 19.1. The summed E-state index contributed by atoms with van der Waals surface area (Å²) in [6.45, 7) is 1.56. The third-order valence-electron chi connectivity index (χ3n) is 29.4. The van der Waals surface area contributed by atoms with Crippen LogP contribution in [0.4, 0.5) is 4.39 Å². The summed E-state index contributed by atoms with van der Waals surface area (Å²) in [7, 11) is 2.39. The molecule has 32 nitrogen and oxygen atoms in total. The van der Waals surface area contributed by atoms with Gasteiger partial charge in [0.15, 0.2) is 7.05 Å². The van der Waals surface area contributed by atoms with E-state index in [1.807, 2.05) is 72.8 Å². The van der Waals surface area contributed by atoms with Crippen LogP contribution in [0, 0.1) is 63.3 Å². The van der Waals surface area contributed by atoms with Crippen molar-refractivity contribution in [2.45, 2.75) is 153 Å². The number of carboxylic acids is 4. The van der Waals surface area contributed by atoms with Crippen molar-refractivity contribution in [1.82, 2.24) is 39.2 Å². The third-order valence-corrected chi connectivity index (χ3v) is 29.4. The number of nitrogens with two attached hydrogens (primary N) is 1. The molecule has 724 valence electrons. The maximum atomic E-state index is 14.6. The van der Waals surface area contributed by atoms with E-state index in [1.165, 1.54) is 27.8 Å². The highest BCUT2D eigenvalue weighted by molar-refractivity contribution is 6.24. The van der Waals surface area contributed by atoms with Crippen LogP contribution in [-0.4, -0.2) is 226 Å². The average molecular weight is 1900 g/mol. The number of carbonyl (C=O) groups is 16. The Morgan fingerprint density at radius 1 is 0.302 bits per heavy atom. The topological polar surface area (TPSA) is 449 Å². The van der Waals surface area contributed by atoms with Crippen LogP contribution >= 0.6 is 0 Å². The summed E-state index contributed by atoms with van der Waals surface area (Å²) in [5.74, 6) is -13.3. The first-order valence-corrected chi connectivity index (χ1v) is 47.6. The second-order valence-corrected chi connectivity index (χ2v) is 36.9. The van der Waals surface area contributed by atoms with Gasteiger partial charge in [0.1, 0.15) is 5.82 Å². The van der Waals surface area contributed by atoms with Crippen molar-refractivity contribution in [2.75, 3.05) is 66.5 Å². The van der Waals surface area contributed by atoms with Gasteiger partial charge in [-0.05, 0) is 183 Å². The van der Waals surface area contributed by atoms with Crippen molar-refractivity contribution in [3.8, 4) is 0 Å². The number of fused-ring (bicyclic) bond motifs is 8. The van der Waals surface area contributed by atoms with Gasteiger partial charge in [0.25, 0.3) is 47.3 Å². The van der Waals surface area contributed by atoms with Crippen molar-refractivity contribution in [1.29, 1.82) is 0 Å². The Kier molecular flexibility index (Phi) is 30.9. The Labute approximate surface area is 801 Å². The molecule has 33 heteroatoms. The summed E-state index contributed by atoms with van der Waals surface area (Å²) < 4.78 is 14.6. The van der Waals surface area contributed by atoms with Crippen molar-refractivity contribution in [2.24, 2.45) is 53.1 Å². The van der Waals surface area contributed by atoms with E-state index in [-0.39, 0.29) is 98.2 Å². The molecule has 139 heavy (non-hydrogen) atoms. The van der Waals surface area contributed by atoms with E-state index < -0.39 is 118 Å². The van der Waals surface area contributed by atoms with E-state index in [1.54, 1.807) is 129 Å². The van der Waals surface area contributed by atoms with Crippen molar-refractivity contribution < 1.29 is 106 Å². The fourth-order valence-electron chi connectivity index (χ4n) is 22.6. The molecular weight excluding hydrogens is 1780 g/mol. The number of halogens is 1. The van der Waals surface area contributed by atoms with Crippen molar-refractivity contribution in [3.63, 3.8) is 0 Å². The first-order chi connectivity index (χ1) is 67.0. The number of hydrogen-bond donors (Lipinski definition) is 5. The SMILES string of the molecule is CN.C[N+](=O)[O-].O=C(O)C1CCCCC1C(=O)N1CCc2ccccc2C1CN1C(=O)c2ccccc2C1=O.O=C(O)[C@H]1CCCC[C@H]1C(=O)N1CCc2c(F)cccc2C1CN1C(=O)c2ccccc2C1=O.O=C(O)[C@H]1CCCC[C@H]1C(=O)N1CCc2ccccc2[C@H]1CN1C(=O)c2ccccc2C1=O.O=C(O)[C@H]1CCCC[C@H]1C(=O)N1CCc2ccccc2[C@H]1CN1C(=O)c2ccccc2C1=O. The van der Waals surface area contributed by atoms with E-state index in [4.69, 9.17) is 10.1 Å². The number of nitrogens with zero attached hydrogens (tertiary/aromatic N) is 9. The molecule has 0 saturated heterocycles. The van der Waals surface area contributed by atoms with Crippen LogP contribution in [0.15, 0.2) is 188 Å². The van der Waals surface area contributed by atoms with E-state index >= 15 is 0 Å². The van der Waals surface area contributed by atoms with Gasteiger partial charge in [-0.25, -0.2) is 4.39 Å². The standard InChI is InChI=1S/C26H25FN2O5.3C26H26N2O5.CH3NO2.CH5N/c27-21-11-5-10-16-15(21)12-13-28(23(30)19-8-3-4-9-20(19)26(33)34)22(16)14-29-24(31)17-6-1-2-7-18(17)25(29)32;3*29-23(20-11-5-6-12-21(20)26(32)33)27-14-13-16-7-1-2-8-17(16)22(27)15-28-24(30)18-9-3-4-10-19(18)25(28)31;1-2(3)4;1-2/h1-2,5-7,10-11,19-20,22H,3-4,8-9,12-14H2,(H,33,34);3*1-4,7-10,20-22H,5-6,11-15H2,(H,32,33);1H3;2H2,1H3/t19-,20+,22?;2*20-,21+,22-;;;/m111.../s1. The van der Waals surface area contributed by atoms with Gasteiger partial charge in [0, 0.05) is 31.1 Å². The Balaban J connectivity index is 0.000000138. The summed E-state index contributed by atoms with van der Waals surface area (Å²) in [6, 6.07) is 52.5. The summed E-state index contributed by atoms with van der Waals surface area (Å²) in [5.41, 5.74) is 14.4. The third kappa shape index (κ3) is 20.1. The molecule has 0 bridgehead atoms. The van der Waals surface area contributed by atoms with Crippen LogP contribution in [0.2, 0.25) is 0 Å². The normalized spacial score (nSPS) is 23.5. The van der Waals surface area contributed by atoms with Crippen LogP contribution < -0.4 is 5.73 Å². The van der Waals surface area contributed by atoms with Gasteiger partial charge in [0.05, 0.1) is 142 Å². The highest BCUT2D eigenvalue weighted by Crippen LogP contribution is 2.46. The second-order valence-electron chi connectivity index (χ2n) is 36.9. The predicted molar refractivity (Wildman–Crippen MR) is 501 cm³/mol. The zero-order valence-electron chi connectivity index (χ0n) is 77.2. The molecule has 6 N–H and O–H groups in total. The monoisotopic (exact) mass is 1890 g/mol. The molecule has 4 fully saturated rings. The highest BCUT2D eigenvalue weighted by Gasteiger charge is 2.51. The lowest BCUT2D eigenvalue weighted by atomic mass is 9.77. The molecular formula is C106H111FN10O22. The van der Waals surface area contributed by atoms with Gasteiger partial charge in [-0.3, -0.25) is 106 Å². The fraction of sp³-hybridized carbons (Fsp3) is 0.396. The molecule has 4 saturated carbocycles. The predicted octanol–water partition coefficient (Wildman–Crippen LogP) is 12.8. The van der Waals surface area contributed by atoms with Gasteiger partial charge >= 0.3 is 23.9 Å². The summed E-state index contributed by atoms with van der Waals surface area (Å²) in [4.78, 5) is 226. The Morgan fingerprint density at radius 2 is 0.489 bits per heavy atom. The molecule has 4 unspecified atom stereocenters. The van der Waals surface area contributed by atoms with Gasteiger partial charge < -0.3 is 45.8 Å². The molecule has 8 aromatic carbocycles. The molecule has 0 spiro atoms. The molecule has 0 radical (unpaired) electrons. The lowest BCUT2D eigenvalue weighted by Gasteiger charge is -2.42. The molecule has 8 aromatic rings. The number of carbonyl (C=O) groups excluding carboxylic acids is 12. The average Bonchev–Trinajstić information content (AvgIpc) is 1.54. The molecule has 8 heterocycles. The largest absolute Gasteiger partial charge is 0.481 e. The maximum absolute atomic E-state index is 14.6. The van der Waals surface area contributed by atoms with E-state index in [2.05, 4.69) is 5.73 Å². The lowest BCUT2D eigenvalue weighted by Crippen LogP contribution is -2.50. The second kappa shape index (κ2) is 43.4. The van der Waals surface area contributed by atoms with Crippen LogP contribution in [0.1, 0.15) is 254 Å². The smallest absolute Gasteiger partial charge is 0.307 e. The molecule has 12 atom stereocenters. The Morgan fingerprint density at radius 3 is 0.712 bits per heavy atom. The summed E-state index contributed by atoms with van der Waals surface area (Å²) in [5, 5.41) is 47.6. The maximum Gasteiger partial charge on any atom is 0.307 e. The Hall–Kier alpha value is -14.6. The van der Waals surface area contributed by atoms with Crippen LogP contribution in [0.5, 0.6) is 0 Å². The van der Waals surface area contributed by atoms with Gasteiger partial charge in [-0.15, -0.1) is 0 Å².